The molecule has 4 aliphatic rings. The van der Waals surface area contributed by atoms with E-state index in [0.717, 1.165) is 30.1 Å². The average molecular weight is 205 g/mol. The van der Waals surface area contributed by atoms with E-state index in [9.17, 15) is 4.79 Å². The highest BCUT2D eigenvalue weighted by Gasteiger charge is 2.53. The molecule has 1 saturated heterocycles. The fourth-order valence-electron chi connectivity index (χ4n) is 5.17. The smallest absolute Gasteiger partial charge is 0.220 e. The minimum absolute atomic E-state index is 0.317. The fraction of sp³-hybridized carbons (Fsp3) is 0.923. The van der Waals surface area contributed by atoms with E-state index in [2.05, 4.69) is 5.32 Å². The Kier molecular flexibility index (Phi) is 1.59. The molecule has 2 bridgehead atoms. The minimum atomic E-state index is 0.317. The first-order chi connectivity index (χ1) is 7.31. The standard InChI is InChI=1S/C13H19NO/c15-13-5-9-4-10-7-1-2-8(3-7)11(10)6-12(9)14-13/h7-12H,1-6H2,(H,14,15). The Hall–Kier alpha value is -0.530. The van der Waals surface area contributed by atoms with Crippen molar-refractivity contribution < 1.29 is 4.79 Å². The number of carbonyl (C=O) groups is 1. The van der Waals surface area contributed by atoms with Crippen LogP contribution in [0, 0.1) is 29.6 Å². The normalized spacial score (nSPS) is 56.4. The molecule has 0 aromatic rings. The van der Waals surface area contributed by atoms with Gasteiger partial charge in [0.25, 0.3) is 0 Å². The molecule has 4 fully saturated rings. The lowest BCUT2D eigenvalue weighted by Gasteiger charge is -2.40. The molecule has 1 aliphatic heterocycles. The van der Waals surface area contributed by atoms with Crippen LogP contribution in [0.3, 0.4) is 0 Å². The summed E-state index contributed by atoms with van der Waals surface area (Å²) in [7, 11) is 0. The molecule has 2 nitrogen and oxygen atoms in total. The van der Waals surface area contributed by atoms with E-state index in [1.807, 2.05) is 0 Å². The van der Waals surface area contributed by atoms with Gasteiger partial charge >= 0.3 is 0 Å². The molecule has 4 rings (SSSR count). The maximum Gasteiger partial charge on any atom is 0.220 e. The number of hydrogen-bond donors (Lipinski definition) is 1. The molecule has 6 atom stereocenters. The molecule has 3 aliphatic carbocycles. The largest absolute Gasteiger partial charge is 0.353 e. The van der Waals surface area contributed by atoms with E-state index in [1.54, 1.807) is 0 Å². The number of fused-ring (bicyclic) bond motifs is 6. The molecule has 1 heterocycles. The van der Waals surface area contributed by atoms with E-state index >= 15 is 0 Å². The minimum Gasteiger partial charge on any atom is -0.353 e. The summed E-state index contributed by atoms with van der Waals surface area (Å²) in [5.41, 5.74) is 0. The third-order valence-corrected chi connectivity index (χ3v) is 5.74. The Balaban J connectivity index is 1.60. The molecular formula is C13H19NO. The quantitative estimate of drug-likeness (QED) is 0.643. The Bertz CT molecular complexity index is 286. The molecule has 0 radical (unpaired) electrons. The second-order valence-corrected chi connectivity index (χ2v) is 6.27. The number of hydrogen-bond acceptors (Lipinski definition) is 1. The molecule has 15 heavy (non-hydrogen) atoms. The van der Waals surface area contributed by atoms with Gasteiger partial charge in [-0.1, -0.05) is 0 Å². The summed E-state index contributed by atoms with van der Waals surface area (Å²) < 4.78 is 0. The summed E-state index contributed by atoms with van der Waals surface area (Å²) >= 11 is 0. The number of nitrogens with one attached hydrogen (secondary N) is 1. The summed E-state index contributed by atoms with van der Waals surface area (Å²) in [5, 5.41) is 3.19. The van der Waals surface area contributed by atoms with Crippen LogP contribution in [0.5, 0.6) is 0 Å². The number of carbonyl (C=O) groups excluding carboxylic acids is 1. The zero-order valence-electron chi connectivity index (χ0n) is 9.11. The Labute approximate surface area is 90.8 Å². The van der Waals surface area contributed by atoms with Crippen molar-refractivity contribution in [1.29, 1.82) is 0 Å². The Morgan fingerprint density at radius 1 is 0.933 bits per heavy atom. The van der Waals surface area contributed by atoms with E-state index in [4.69, 9.17) is 0 Å². The molecule has 0 aromatic carbocycles. The van der Waals surface area contributed by atoms with Gasteiger partial charge in [0.1, 0.15) is 0 Å². The lowest BCUT2D eigenvalue weighted by Crippen LogP contribution is -2.40. The molecule has 1 amide bonds. The maximum atomic E-state index is 11.4. The highest BCUT2D eigenvalue weighted by atomic mass is 16.2. The highest BCUT2D eigenvalue weighted by molar-refractivity contribution is 5.79. The molecule has 6 unspecified atom stereocenters. The first kappa shape index (κ1) is 8.60. The van der Waals surface area contributed by atoms with Gasteiger partial charge in [-0.2, -0.15) is 0 Å². The van der Waals surface area contributed by atoms with Crippen LogP contribution < -0.4 is 5.32 Å². The van der Waals surface area contributed by atoms with Gasteiger partial charge in [-0.15, -0.1) is 0 Å². The first-order valence-electron chi connectivity index (χ1n) is 6.60. The van der Waals surface area contributed by atoms with Gasteiger partial charge in [0.05, 0.1) is 0 Å². The maximum absolute atomic E-state index is 11.4. The SMILES string of the molecule is O=C1CC2CC3C4CCC(C4)C3CC2N1. The number of rotatable bonds is 0. The summed E-state index contributed by atoms with van der Waals surface area (Å²) in [5.74, 6) is 5.05. The van der Waals surface area contributed by atoms with Crippen LogP contribution in [0.2, 0.25) is 0 Å². The molecule has 3 saturated carbocycles. The van der Waals surface area contributed by atoms with Gasteiger partial charge in [-0.3, -0.25) is 4.79 Å². The summed E-state index contributed by atoms with van der Waals surface area (Å²) in [6.45, 7) is 0. The van der Waals surface area contributed by atoms with Crippen molar-refractivity contribution in [2.45, 2.75) is 44.6 Å². The summed E-state index contributed by atoms with van der Waals surface area (Å²) in [6, 6.07) is 0.554. The molecule has 0 aromatic heterocycles. The average Bonchev–Trinajstić information content (AvgIpc) is 2.85. The van der Waals surface area contributed by atoms with Gasteiger partial charge in [-0.05, 0) is 61.7 Å². The summed E-state index contributed by atoms with van der Waals surface area (Å²) in [6.07, 6.45) is 7.98. The first-order valence-corrected chi connectivity index (χ1v) is 6.60. The zero-order valence-corrected chi connectivity index (χ0v) is 9.11. The van der Waals surface area contributed by atoms with Crippen LogP contribution in [0.15, 0.2) is 0 Å². The molecule has 0 spiro atoms. The molecule has 2 heteroatoms. The fourth-order valence-corrected chi connectivity index (χ4v) is 5.17. The lowest BCUT2D eigenvalue weighted by molar-refractivity contribution is -0.119. The van der Waals surface area contributed by atoms with Crippen molar-refractivity contribution in [3.05, 3.63) is 0 Å². The van der Waals surface area contributed by atoms with E-state index in [1.165, 1.54) is 32.1 Å². The van der Waals surface area contributed by atoms with Crippen LogP contribution in [-0.2, 0) is 4.79 Å². The highest BCUT2D eigenvalue weighted by Crippen LogP contribution is 2.59. The molecule has 1 N–H and O–H groups in total. The third kappa shape index (κ3) is 1.08. The van der Waals surface area contributed by atoms with Crippen LogP contribution >= 0.6 is 0 Å². The second kappa shape index (κ2) is 2.78. The zero-order chi connectivity index (χ0) is 9.99. The van der Waals surface area contributed by atoms with Crippen molar-refractivity contribution in [1.82, 2.24) is 5.32 Å². The van der Waals surface area contributed by atoms with Crippen LogP contribution in [0.4, 0.5) is 0 Å². The van der Waals surface area contributed by atoms with Crippen molar-refractivity contribution in [3.8, 4) is 0 Å². The van der Waals surface area contributed by atoms with Gasteiger partial charge in [0.15, 0.2) is 0 Å². The van der Waals surface area contributed by atoms with Crippen LogP contribution in [0.25, 0.3) is 0 Å². The van der Waals surface area contributed by atoms with Gasteiger partial charge in [0.2, 0.25) is 5.91 Å². The predicted octanol–water partition coefficient (Wildman–Crippen LogP) is 1.95. The van der Waals surface area contributed by atoms with E-state index < -0.39 is 0 Å². The van der Waals surface area contributed by atoms with E-state index in [0.29, 0.717) is 17.9 Å². The topological polar surface area (TPSA) is 29.1 Å². The van der Waals surface area contributed by atoms with Crippen molar-refractivity contribution in [2.24, 2.45) is 29.6 Å². The Morgan fingerprint density at radius 3 is 2.47 bits per heavy atom. The van der Waals surface area contributed by atoms with Gasteiger partial charge < -0.3 is 5.32 Å². The van der Waals surface area contributed by atoms with Crippen LogP contribution in [0.1, 0.15) is 38.5 Å². The predicted molar refractivity (Wildman–Crippen MR) is 57.1 cm³/mol. The molecule has 82 valence electrons. The van der Waals surface area contributed by atoms with Gasteiger partial charge in [-0.25, -0.2) is 0 Å². The third-order valence-electron chi connectivity index (χ3n) is 5.74. The van der Waals surface area contributed by atoms with Crippen molar-refractivity contribution in [3.63, 3.8) is 0 Å². The summed E-state index contributed by atoms with van der Waals surface area (Å²) in [4.78, 5) is 11.4. The second-order valence-electron chi connectivity index (χ2n) is 6.27. The molecular weight excluding hydrogens is 186 g/mol. The van der Waals surface area contributed by atoms with Crippen molar-refractivity contribution >= 4 is 5.91 Å². The van der Waals surface area contributed by atoms with Gasteiger partial charge in [0, 0.05) is 12.5 Å². The van der Waals surface area contributed by atoms with Crippen LogP contribution in [-0.4, -0.2) is 11.9 Å². The van der Waals surface area contributed by atoms with Crippen molar-refractivity contribution in [2.75, 3.05) is 0 Å². The number of amides is 1. The van der Waals surface area contributed by atoms with E-state index in [-0.39, 0.29) is 0 Å². The Morgan fingerprint density at radius 2 is 1.67 bits per heavy atom. The monoisotopic (exact) mass is 205 g/mol. The lowest BCUT2D eigenvalue weighted by atomic mass is 9.66.